The summed E-state index contributed by atoms with van der Waals surface area (Å²) in [7, 11) is 0. The Morgan fingerprint density at radius 1 is 1.33 bits per heavy atom. The molecule has 3 rings (SSSR count). The topological polar surface area (TPSA) is 54.8 Å². The predicted molar refractivity (Wildman–Crippen MR) is 70.9 cm³/mol. The van der Waals surface area contributed by atoms with Crippen LogP contribution < -0.4 is 10.6 Å². The summed E-state index contributed by atoms with van der Waals surface area (Å²) in [6, 6.07) is 8.88. The fourth-order valence-electron chi connectivity index (χ4n) is 2.28. The van der Waals surface area contributed by atoms with Crippen molar-refractivity contribution in [3.05, 3.63) is 36.9 Å². The summed E-state index contributed by atoms with van der Waals surface area (Å²) in [5.74, 6) is 0. The molecule has 5 nitrogen and oxygen atoms in total. The van der Waals surface area contributed by atoms with Crippen molar-refractivity contribution in [1.82, 2.24) is 20.1 Å². The summed E-state index contributed by atoms with van der Waals surface area (Å²) in [5.41, 5.74) is 2.21. The molecule has 1 saturated heterocycles. The van der Waals surface area contributed by atoms with Crippen molar-refractivity contribution in [2.24, 2.45) is 0 Å². The number of rotatable bonds is 4. The number of nitrogens with one attached hydrogen (secondary N) is 2. The van der Waals surface area contributed by atoms with Crippen molar-refractivity contribution in [2.75, 3.05) is 18.4 Å². The van der Waals surface area contributed by atoms with E-state index in [2.05, 4.69) is 33.0 Å². The maximum absolute atomic E-state index is 3.82. The zero-order valence-corrected chi connectivity index (χ0v) is 10.2. The molecule has 2 heterocycles. The van der Waals surface area contributed by atoms with Gasteiger partial charge in [-0.05, 0) is 37.6 Å². The molecule has 1 atom stereocenters. The Hall–Kier alpha value is -1.88. The molecule has 1 aliphatic heterocycles. The summed E-state index contributed by atoms with van der Waals surface area (Å²) >= 11 is 0. The van der Waals surface area contributed by atoms with Gasteiger partial charge in [0.25, 0.3) is 0 Å². The van der Waals surface area contributed by atoms with Crippen LogP contribution in [-0.2, 0) is 0 Å². The third-order valence-corrected chi connectivity index (χ3v) is 3.28. The first-order valence-electron chi connectivity index (χ1n) is 6.34. The molecule has 1 unspecified atom stereocenters. The van der Waals surface area contributed by atoms with Gasteiger partial charge in [0.1, 0.15) is 12.7 Å². The lowest BCUT2D eigenvalue weighted by molar-refractivity contribution is 0.633. The van der Waals surface area contributed by atoms with E-state index in [4.69, 9.17) is 0 Å². The minimum absolute atomic E-state index is 0.601. The van der Waals surface area contributed by atoms with Crippen LogP contribution in [0.4, 0.5) is 5.69 Å². The SMILES string of the molecule is c1cc(NCC2CCCN2)cc(-n2cnnc2)c1. The lowest BCUT2D eigenvalue weighted by atomic mass is 10.2. The van der Waals surface area contributed by atoms with Gasteiger partial charge in [0.15, 0.2) is 0 Å². The van der Waals surface area contributed by atoms with Crippen LogP contribution in [0.1, 0.15) is 12.8 Å². The zero-order valence-electron chi connectivity index (χ0n) is 10.2. The van der Waals surface area contributed by atoms with Gasteiger partial charge in [-0.3, -0.25) is 4.57 Å². The van der Waals surface area contributed by atoms with Crippen LogP contribution in [0.25, 0.3) is 5.69 Å². The first-order chi connectivity index (χ1) is 8.92. The van der Waals surface area contributed by atoms with E-state index < -0.39 is 0 Å². The van der Waals surface area contributed by atoms with Gasteiger partial charge < -0.3 is 10.6 Å². The Bertz CT molecular complexity index is 488. The highest BCUT2D eigenvalue weighted by atomic mass is 15.2. The van der Waals surface area contributed by atoms with Crippen LogP contribution >= 0.6 is 0 Å². The molecular formula is C13H17N5. The van der Waals surface area contributed by atoms with Crippen molar-refractivity contribution in [1.29, 1.82) is 0 Å². The van der Waals surface area contributed by atoms with Gasteiger partial charge in [-0.15, -0.1) is 10.2 Å². The van der Waals surface area contributed by atoms with E-state index in [1.54, 1.807) is 12.7 Å². The van der Waals surface area contributed by atoms with Crippen molar-refractivity contribution in [3.63, 3.8) is 0 Å². The van der Waals surface area contributed by atoms with Crippen LogP contribution in [0.2, 0.25) is 0 Å². The average molecular weight is 243 g/mol. The average Bonchev–Trinajstić information content (AvgIpc) is 3.10. The lowest BCUT2D eigenvalue weighted by Gasteiger charge is -2.13. The van der Waals surface area contributed by atoms with Crippen molar-refractivity contribution < 1.29 is 0 Å². The summed E-state index contributed by atoms with van der Waals surface area (Å²) < 4.78 is 1.90. The van der Waals surface area contributed by atoms with E-state index in [0.29, 0.717) is 6.04 Å². The maximum atomic E-state index is 3.82. The molecule has 18 heavy (non-hydrogen) atoms. The van der Waals surface area contributed by atoms with Crippen LogP contribution in [0.15, 0.2) is 36.9 Å². The molecular weight excluding hydrogens is 226 g/mol. The van der Waals surface area contributed by atoms with Gasteiger partial charge in [-0.25, -0.2) is 0 Å². The molecule has 5 heteroatoms. The Morgan fingerprint density at radius 3 is 3.00 bits per heavy atom. The van der Waals surface area contributed by atoms with E-state index >= 15 is 0 Å². The van der Waals surface area contributed by atoms with E-state index in [0.717, 1.165) is 24.5 Å². The van der Waals surface area contributed by atoms with Crippen LogP contribution in [-0.4, -0.2) is 33.9 Å². The van der Waals surface area contributed by atoms with Gasteiger partial charge in [0.2, 0.25) is 0 Å². The predicted octanol–water partition coefficient (Wildman–Crippen LogP) is 1.43. The van der Waals surface area contributed by atoms with Crippen molar-refractivity contribution in [3.8, 4) is 5.69 Å². The minimum atomic E-state index is 0.601. The Balaban J connectivity index is 1.67. The Labute approximate surface area is 106 Å². The third kappa shape index (κ3) is 2.51. The number of nitrogens with zero attached hydrogens (tertiary/aromatic N) is 3. The molecule has 0 radical (unpaired) electrons. The van der Waals surface area contributed by atoms with Crippen LogP contribution in [0, 0.1) is 0 Å². The summed E-state index contributed by atoms with van der Waals surface area (Å²) in [6.45, 7) is 2.12. The standard InChI is InChI=1S/C13H17N5/c1-3-11(15-8-12-4-2-6-14-12)7-13(5-1)18-9-16-17-10-18/h1,3,5,7,9-10,12,14-15H,2,4,6,8H2. The van der Waals surface area contributed by atoms with E-state index in [1.165, 1.54) is 12.8 Å². The molecule has 1 fully saturated rings. The molecule has 1 aliphatic rings. The number of anilines is 1. The lowest BCUT2D eigenvalue weighted by Crippen LogP contribution is -2.29. The molecule has 0 aliphatic carbocycles. The molecule has 1 aromatic carbocycles. The fourth-order valence-corrected chi connectivity index (χ4v) is 2.28. The van der Waals surface area contributed by atoms with E-state index in [9.17, 15) is 0 Å². The van der Waals surface area contributed by atoms with Gasteiger partial charge in [0, 0.05) is 18.3 Å². The van der Waals surface area contributed by atoms with Crippen LogP contribution in [0.5, 0.6) is 0 Å². The largest absolute Gasteiger partial charge is 0.383 e. The quantitative estimate of drug-likeness (QED) is 0.853. The molecule has 2 N–H and O–H groups in total. The second kappa shape index (κ2) is 5.18. The smallest absolute Gasteiger partial charge is 0.123 e. The Morgan fingerprint density at radius 2 is 2.22 bits per heavy atom. The highest BCUT2D eigenvalue weighted by Crippen LogP contribution is 2.15. The zero-order chi connectivity index (χ0) is 12.2. The number of benzene rings is 1. The van der Waals surface area contributed by atoms with Gasteiger partial charge >= 0.3 is 0 Å². The maximum Gasteiger partial charge on any atom is 0.123 e. The second-order valence-electron chi connectivity index (χ2n) is 4.59. The fraction of sp³-hybridized carbons (Fsp3) is 0.385. The van der Waals surface area contributed by atoms with Crippen molar-refractivity contribution >= 4 is 5.69 Å². The van der Waals surface area contributed by atoms with Gasteiger partial charge in [0.05, 0.1) is 5.69 Å². The molecule has 0 saturated carbocycles. The first kappa shape index (κ1) is 11.2. The highest BCUT2D eigenvalue weighted by molar-refractivity contribution is 5.51. The number of hydrogen-bond acceptors (Lipinski definition) is 4. The van der Waals surface area contributed by atoms with Crippen molar-refractivity contribution in [2.45, 2.75) is 18.9 Å². The molecule has 0 bridgehead atoms. The molecule has 0 spiro atoms. The van der Waals surface area contributed by atoms with Gasteiger partial charge in [-0.2, -0.15) is 0 Å². The summed E-state index contributed by atoms with van der Waals surface area (Å²) in [6.07, 6.45) is 5.96. The summed E-state index contributed by atoms with van der Waals surface area (Å²) in [5, 5.41) is 14.6. The molecule has 2 aromatic rings. The summed E-state index contributed by atoms with van der Waals surface area (Å²) in [4.78, 5) is 0. The molecule has 1 aromatic heterocycles. The first-order valence-corrected chi connectivity index (χ1v) is 6.34. The number of hydrogen-bond donors (Lipinski definition) is 2. The van der Waals surface area contributed by atoms with E-state index in [1.807, 2.05) is 16.7 Å². The third-order valence-electron chi connectivity index (χ3n) is 3.28. The second-order valence-corrected chi connectivity index (χ2v) is 4.59. The highest BCUT2D eigenvalue weighted by Gasteiger charge is 2.13. The van der Waals surface area contributed by atoms with Gasteiger partial charge in [-0.1, -0.05) is 6.07 Å². The minimum Gasteiger partial charge on any atom is -0.383 e. The van der Waals surface area contributed by atoms with Crippen LogP contribution in [0.3, 0.4) is 0 Å². The Kier molecular flexibility index (Phi) is 3.23. The molecule has 0 amide bonds. The normalized spacial score (nSPS) is 19.0. The monoisotopic (exact) mass is 243 g/mol. The number of aromatic nitrogens is 3. The van der Waals surface area contributed by atoms with E-state index in [-0.39, 0.29) is 0 Å². The molecule has 94 valence electrons.